The third kappa shape index (κ3) is 4.82. The van der Waals surface area contributed by atoms with Crippen molar-refractivity contribution in [3.8, 4) is 11.5 Å². The van der Waals surface area contributed by atoms with E-state index in [1.807, 2.05) is 6.07 Å². The van der Waals surface area contributed by atoms with E-state index in [9.17, 15) is 4.79 Å². The molecule has 2 heterocycles. The molecule has 27 heavy (non-hydrogen) atoms. The lowest BCUT2D eigenvalue weighted by Crippen LogP contribution is -2.38. The second-order valence-corrected chi connectivity index (χ2v) is 7.71. The lowest BCUT2D eigenvalue weighted by atomic mass is 10.1. The Bertz CT molecular complexity index is 703. The van der Waals surface area contributed by atoms with Crippen molar-refractivity contribution in [3.05, 3.63) is 46.2 Å². The summed E-state index contributed by atoms with van der Waals surface area (Å²) in [5, 5.41) is 5.22. The molecule has 0 spiro atoms. The first-order chi connectivity index (χ1) is 13.2. The molecule has 1 aliphatic rings. The molecule has 1 aliphatic heterocycles. The van der Waals surface area contributed by atoms with Crippen molar-refractivity contribution in [2.45, 2.75) is 31.7 Å². The van der Waals surface area contributed by atoms with Crippen LogP contribution in [0.3, 0.4) is 0 Å². The number of benzene rings is 1. The van der Waals surface area contributed by atoms with Gasteiger partial charge in [0.25, 0.3) is 5.91 Å². The average Bonchev–Trinajstić information content (AvgIpc) is 3.10. The highest BCUT2D eigenvalue weighted by molar-refractivity contribution is 7.10. The predicted molar refractivity (Wildman–Crippen MR) is 109 cm³/mol. The Morgan fingerprint density at radius 2 is 1.74 bits per heavy atom. The Morgan fingerprint density at radius 3 is 2.30 bits per heavy atom. The lowest BCUT2D eigenvalue weighted by molar-refractivity contribution is 0.0927. The number of hydrogen-bond acceptors (Lipinski definition) is 5. The van der Waals surface area contributed by atoms with Gasteiger partial charge in [0.15, 0.2) is 0 Å². The quantitative estimate of drug-likeness (QED) is 0.775. The van der Waals surface area contributed by atoms with Gasteiger partial charge in [0.1, 0.15) is 17.1 Å². The normalized spacial score (nSPS) is 16.4. The first kappa shape index (κ1) is 19.7. The van der Waals surface area contributed by atoms with Gasteiger partial charge < -0.3 is 14.8 Å². The zero-order valence-corrected chi connectivity index (χ0v) is 16.9. The highest BCUT2D eigenvalue weighted by Crippen LogP contribution is 2.30. The fourth-order valence-corrected chi connectivity index (χ4v) is 4.51. The molecule has 1 amide bonds. The maximum atomic E-state index is 12.9. The lowest BCUT2D eigenvalue weighted by Gasteiger charge is -2.30. The van der Waals surface area contributed by atoms with Crippen molar-refractivity contribution < 1.29 is 14.3 Å². The fraction of sp³-hybridized carbons (Fsp3) is 0.476. The Balaban J connectivity index is 1.76. The largest absolute Gasteiger partial charge is 0.496 e. The summed E-state index contributed by atoms with van der Waals surface area (Å²) in [5.74, 6) is 0.879. The standard InChI is InChI=1S/C21H28N2O3S/c1-25-17-9-7-10-18(26-2)20(17)21(24)22-15-16(19-11-8-14-27-19)23-12-5-3-4-6-13-23/h7-11,14,16H,3-6,12-13,15H2,1-2H3,(H,22,24). The van der Waals surface area contributed by atoms with Gasteiger partial charge in [-0.05, 0) is 49.5 Å². The van der Waals surface area contributed by atoms with E-state index >= 15 is 0 Å². The summed E-state index contributed by atoms with van der Waals surface area (Å²) in [6.07, 6.45) is 5.02. The minimum Gasteiger partial charge on any atom is -0.496 e. The molecule has 6 heteroatoms. The summed E-state index contributed by atoms with van der Waals surface area (Å²) >= 11 is 1.75. The number of ether oxygens (including phenoxy) is 2. The molecule has 1 saturated heterocycles. The first-order valence-electron chi connectivity index (χ1n) is 9.51. The number of carbonyl (C=O) groups is 1. The van der Waals surface area contributed by atoms with Crippen molar-refractivity contribution in [1.82, 2.24) is 10.2 Å². The molecular formula is C21H28N2O3S. The van der Waals surface area contributed by atoms with Crippen LogP contribution in [0.1, 0.15) is 47.0 Å². The van der Waals surface area contributed by atoms with Gasteiger partial charge in [-0.25, -0.2) is 0 Å². The van der Waals surface area contributed by atoms with Crippen LogP contribution in [0.2, 0.25) is 0 Å². The van der Waals surface area contributed by atoms with E-state index in [4.69, 9.17) is 9.47 Å². The molecule has 146 valence electrons. The molecule has 0 radical (unpaired) electrons. The smallest absolute Gasteiger partial charge is 0.258 e. The second kappa shape index (κ2) is 9.76. The van der Waals surface area contributed by atoms with E-state index in [0.29, 0.717) is 23.6 Å². The van der Waals surface area contributed by atoms with Gasteiger partial charge in [0.05, 0.1) is 20.3 Å². The van der Waals surface area contributed by atoms with Crippen LogP contribution in [0, 0.1) is 0 Å². The molecule has 5 nitrogen and oxygen atoms in total. The highest BCUT2D eigenvalue weighted by atomic mass is 32.1. The SMILES string of the molecule is COc1cccc(OC)c1C(=O)NCC(c1cccs1)N1CCCCCC1. The van der Waals surface area contributed by atoms with Crippen LogP contribution < -0.4 is 14.8 Å². The van der Waals surface area contributed by atoms with Crippen molar-refractivity contribution >= 4 is 17.2 Å². The van der Waals surface area contributed by atoms with Crippen LogP contribution >= 0.6 is 11.3 Å². The minimum atomic E-state index is -0.166. The Labute approximate surface area is 165 Å². The predicted octanol–water partition coefficient (Wildman–Crippen LogP) is 4.11. The molecule has 1 unspecified atom stereocenters. The average molecular weight is 389 g/mol. The fourth-order valence-electron chi connectivity index (χ4n) is 3.65. The van der Waals surface area contributed by atoms with Crippen LogP contribution in [0.25, 0.3) is 0 Å². The molecule has 0 saturated carbocycles. The van der Waals surface area contributed by atoms with E-state index in [1.165, 1.54) is 30.6 Å². The topological polar surface area (TPSA) is 50.8 Å². The van der Waals surface area contributed by atoms with Crippen LogP contribution in [0.5, 0.6) is 11.5 Å². The van der Waals surface area contributed by atoms with Gasteiger partial charge in [-0.2, -0.15) is 0 Å². The maximum Gasteiger partial charge on any atom is 0.258 e. The van der Waals surface area contributed by atoms with Gasteiger partial charge in [-0.1, -0.05) is 25.0 Å². The molecule has 3 rings (SSSR count). The Hall–Kier alpha value is -2.05. The van der Waals surface area contributed by atoms with Crippen molar-refractivity contribution in [2.75, 3.05) is 33.9 Å². The van der Waals surface area contributed by atoms with Crippen molar-refractivity contribution in [3.63, 3.8) is 0 Å². The zero-order chi connectivity index (χ0) is 19.1. The molecule has 1 fully saturated rings. The minimum absolute atomic E-state index is 0.166. The number of thiophene rings is 1. The van der Waals surface area contributed by atoms with Gasteiger partial charge >= 0.3 is 0 Å². The molecule has 1 atom stereocenters. The first-order valence-corrected chi connectivity index (χ1v) is 10.4. The molecule has 0 aliphatic carbocycles. The van der Waals surface area contributed by atoms with Gasteiger partial charge in [-0.3, -0.25) is 9.69 Å². The maximum absolute atomic E-state index is 12.9. The van der Waals surface area contributed by atoms with Crippen LogP contribution in [0.4, 0.5) is 0 Å². The number of amides is 1. The Kier molecular flexibility index (Phi) is 7.12. The van der Waals surface area contributed by atoms with E-state index in [2.05, 4.69) is 27.7 Å². The number of carbonyl (C=O) groups excluding carboxylic acids is 1. The summed E-state index contributed by atoms with van der Waals surface area (Å²) < 4.78 is 10.7. The molecule has 1 N–H and O–H groups in total. The van der Waals surface area contributed by atoms with E-state index in [-0.39, 0.29) is 11.9 Å². The van der Waals surface area contributed by atoms with E-state index in [1.54, 1.807) is 37.7 Å². The van der Waals surface area contributed by atoms with Crippen LogP contribution in [0.15, 0.2) is 35.7 Å². The number of likely N-dealkylation sites (tertiary alicyclic amines) is 1. The second-order valence-electron chi connectivity index (χ2n) is 6.73. The van der Waals surface area contributed by atoms with E-state index < -0.39 is 0 Å². The number of hydrogen-bond donors (Lipinski definition) is 1. The van der Waals surface area contributed by atoms with Crippen molar-refractivity contribution in [2.24, 2.45) is 0 Å². The van der Waals surface area contributed by atoms with Gasteiger partial charge in [-0.15, -0.1) is 11.3 Å². The summed E-state index contributed by atoms with van der Waals surface area (Å²) in [6, 6.07) is 9.82. The zero-order valence-electron chi connectivity index (χ0n) is 16.1. The summed E-state index contributed by atoms with van der Waals surface area (Å²) in [6.45, 7) is 2.73. The molecule has 0 bridgehead atoms. The molecular weight excluding hydrogens is 360 g/mol. The van der Waals surface area contributed by atoms with Crippen molar-refractivity contribution in [1.29, 1.82) is 0 Å². The summed E-state index contributed by atoms with van der Waals surface area (Å²) in [4.78, 5) is 16.8. The third-order valence-electron chi connectivity index (χ3n) is 5.06. The third-order valence-corrected chi connectivity index (χ3v) is 6.04. The van der Waals surface area contributed by atoms with Gasteiger partial charge in [0.2, 0.25) is 0 Å². The van der Waals surface area contributed by atoms with Crippen LogP contribution in [-0.4, -0.2) is 44.7 Å². The highest BCUT2D eigenvalue weighted by Gasteiger charge is 2.25. The molecule has 1 aromatic carbocycles. The summed E-state index contributed by atoms with van der Waals surface area (Å²) in [5.41, 5.74) is 0.447. The number of nitrogens with one attached hydrogen (secondary N) is 1. The number of rotatable bonds is 7. The summed E-state index contributed by atoms with van der Waals surface area (Å²) in [7, 11) is 3.13. The van der Waals surface area contributed by atoms with E-state index in [0.717, 1.165) is 13.1 Å². The number of nitrogens with zero attached hydrogens (tertiary/aromatic N) is 1. The van der Waals surface area contributed by atoms with Crippen LogP contribution in [-0.2, 0) is 0 Å². The Morgan fingerprint density at radius 1 is 1.07 bits per heavy atom. The molecule has 1 aromatic heterocycles. The number of methoxy groups -OCH3 is 2. The van der Waals surface area contributed by atoms with Gasteiger partial charge in [0, 0.05) is 11.4 Å². The monoisotopic (exact) mass is 388 g/mol. The molecule has 2 aromatic rings.